The van der Waals surface area contributed by atoms with E-state index in [4.69, 9.17) is 4.74 Å². The van der Waals surface area contributed by atoms with Crippen molar-refractivity contribution in [3.63, 3.8) is 0 Å². The summed E-state index contributed by atoms with van der Waals surface area (Å²) in [5.41, 5.74) is 3.50. The number of ether oxygens (including phenoxy) is 1. The molecule has 0 saturated carbocycles. The molecule has 1 aliphatic rings. The first kappa shape index (κ1) is 27.5. The molecule has 1 saturated heterocycles. The molecule has 1 fully saturated rings. The molecular weight excluding hydrogens is 452 g/mol. The fourth-order valence-electron chi connectivity index (χ4n) is 4.64. The van der Waals surface area contributed by atoms with E-state index < -0.39 is 17.7 Å². The van der Waals surface area contributed by atoms with Crippen molar-refractivity contribution in [2.75, 3.05) is 32.8 Å². The van der Waals surface area contributed by atoms with E-state index in [0.717, 1.165) is 36.4 Å². The van der Waals surface area contributed by atoms with Gasteiger partial charge in [0, 0.05) is 18.7 Å². The van der Waals surface area contributed by atoms with Crippen LogP contribution in [0.5, 0.6) is 5.75 Å². The Morgan fingerprint density at radius 3 is 2.28 bits per heavy atom. The van der Waals surface area contributed by atoms with E-state index in [2.05, 4.69) is 32.6 Å². The maximum atomic E-state index is 13.3. The lowest BCUT2D eigenvalue weighted by atomic mass is 9.93. The van der Waals surface area contributed by atoms with Gasteiger partial charge in [0.05, 0.1) is 18.2 Å². The van der Waals surface area contributed by atoms with E-state index in [1.165, 1.54) is 5.56 Å². The monoisotopic (exact) mass is 492 g/mol. The Kier molecular flexibility index (Phi) is 9.32. The molecule has 2 aromatic rings. The van der Waals surface area contributed by atoms with Gasteiger partial charge in [-0.25, -0.2) is 0 Å². The van der Waals surface area contributed by atoms with E-state index in [0.29, 0.717) is 31.2 Å². The van der Waals surface area contributed by atoms with E-state index in [9.17, 15) is 14.7 Å². The number of likely N-dealkylation sites (tertiary alicyclic amines) is 1. The fourth-order valence-corrected chi connectivity index (χ4v) is 4.64. The summed E-state index contributed by atoms with van der Waals surface area (Å²) in [7, 11) is 0. The summed E-state index contributed by atoms with van der Waals surface area (Å²) in [6.07, 6.45) is 0.897. The summed E-state index contributed by atoms with van der Waals surface area (Å²) in [6.45, 7) is 15.8. The number of aryl methyl sites for hydroxylation is 1. The molecule has 0 aromatic heterocycles. The van der Waals surface area contributed by atoms with Crippen LogP contribution in [0.2, 0.25) is 0 Å². The van der Waals surface area contributed by atoms with Gasteiger partial charge in [-0.2, -0.15) is 0 Å². The Morgan fingerprint density at radius 1 is 1.06 bits per heavy atom. The van der Waals surface area contributed by atoms with Crippen LogP contribution in [0, 0.1) is 6.92 Å². The summed E-state index contributed by atoms with van der Waals surface area (Å²) in [5, 5.41) is 11.4. The van der Waals surface area contributed by atoms with Crippen LogP contribution in [0.3, 0.4) is 0 Å². The highest BCUT2D eigenvalue weighted by Gasteiger charge is 2.46. The Morgan fingerprint density at radius 2 is 1.72 bits per heavy atom. The lowest BCUT2D eigenvalue weighted by molar-refractivity contribution is -0.140. The molecule has 1 aliphatic heterocycles. The molecule has 36 heavy (non-hydrogen) atoms. The number of aliphatic hydroxyl groups is 1. The molecule has 0 bridgehead atoms. The normalized spacial score (nSPS) is 17.4. The predicted octanol–water partition coefficient (Wildman–Crippen LogP) is 5.67. The predicted molar refractivity (Wildman–Crippen MR) is 144 cm³/mol. The van der Waals surface area contributed by atoms with Gasteiger partial charge in [0.25, 0.3) is 11.7 Å². The first-order valence-electron chi connectivity index (χ1n) is 13.1. The SMILES string of the molecule is CCCOc1ccc(/C(O)=C2\C(=O)C(=O)N(CCN(CC)CC)C2c2ccc(C(C)C)cc2)cc1C. The van der Waals surface area contributed by atoms with Crippen LogP contribution in [0.15, 0.2) is 48.0 Å². The number of benzene rings is 2. The first-order chi connectivity index (χ1) is 17.2. The molecular formula is C30H40N2O4. The highest BCUT2D eigenvalue weighted by atomic mass is 16.5. The zero-order valence-corrected chi connectivity index (χ0v) is 22.5. The second kappa shape index (κ2) is 12.2. The number of aliphatic hydroxyl groups excluding tert-OH is 1. The van der Waals surface area contributed by atoms with Gasteiger partial charge < -0.3 is 19.6 Å². The van der Waals surface area contributed by atoms with Gasteiger partial charge in [-0.05, 0) is 67.2 Å². The van der Waals surface area contributed by atoms with Crippen LogP contribution < -0.4 is 4.74 Å². The lowest BCUT2D eigenvalue weighted by Crippen LogP contribution is -2.38. The van der Waals surface area contributed by atoms with Crippen molar-refractivity contribution in [3.8, 4) is 5.75 Å². The van der Waals surface area contributed by atoms with E-state index in [-0.39, 0.29) is 11.3 Å². The molecule has 1 amide bonds. The summed E-state index contributed by atoms with van der Waals surface area (Å²) < 4.78 is 5.77. The van der Waals surface area contributed by atoms with Crippen molar-refractivity contribution in [3.05, 3.63) is 70.3 Å². The molecule has 3 rings (SSSR count). The number of amides is 1. The highest BCUT2D eigenvalue weighted by molar-refractivity contribution is 6.46. The molecule has 6 nitrogen and oxygen atoms in total. The number of rotatable bonds is 11. The van der Waals surface area contributed by atoms with E-state index in [1.807, 2.05) is 50.2 Å². The molecule has 0 spiro atoms. The Balaban J connectivity index is 2.08. The van der Waals surface area contributed by atoms with Crippen LogP contribution in [0.4, 0.5) is 0 Å². The molecule has 1 unspecified atom stereocenters. The standard InChI is InChI=1S/C30H40N2O4/c1-7-18-36-25-15-14-24(19-21(25)6)28(33)26-27(23-12-10-22(11-13-23)20(4)5)32(30(35)29(26)34)17-16-31(8-2)9-3/h10-15,19-20,27,33H,7-9,16-18H2,1-6H3/b28-26+. The summed E-state index contributed by atoms with van der Waals surface area (Å²) in [5.74, 6) is -0.254. The Bertz CT molecular complexity index is 1100. The van der Waals surface area contributed by atoms with Gasteiger partial charge in [-0.1, -0.05) is 58.9 Å². The largest absolute Gasteiger partial charge is 0.507 e. The summed E-state index contributed by atoms with van der Waals surface area (Å²) in [6, 6.07) is 12.7. The van der Waals surface area contributed by atoms with Crippen LogP contribution in [0.1, 0.15) is 75.3 Å². The number of carbonyl (C=O) groups excluding carboxylic acids is 2. The number of Topliss-reactive ketones (excluding diaryl/α,β-unsaturated/α-hetero) is 1. The molecule has 1 heterocycles. The molecule has 0 aliphatic carbocycles. The number of hydrogen-bond acceptors (Lipinski definition) is 5. The van der Waals surface area contributed by atoms with Gasteiger partial charge in [0.15, 0.2) is 0 Å². The van der Waals surface area contributed by atoms with Crippen molar-refractivity contribution < 1.29 is 19.4 Å². The third kappa shape index (κ3) is 5.81. The minimum Gasteiger partial charge on any atom is -0.507 e. The van der Waals surface area contributed by atoms with Crippen molar-refractivity contribution in [2.45, 2.75) is 59.9 Å². The smallest absolute Gasteiger partial charge is 0.295 e. The molecule has 2 aromatic carbocycles. The quantitative estimate of drug-likeness (QED) is 0.249. The van der Waals surface area contributed by atoms with Crippen LogP contribution in [-0.2, 0) is 9.59 Å². The average Bonchev–Trinajstić information content (AvgIpc) is 3.13. The number of nitrogens with zero attached hydrogens (tertiary/aromatic N) is 2. The number of likely N-dealkylation sites (N-methyl/N-ethyl adjacent to an activating group) is 1. The maximum Gasteiger partial charge on any atom is 0.295 e. The number of carbonyl (C=O) groups is 2. The van der Waals surface area contributed by atoms with Gasteiger partial charge >= 0.3 is 0 Å². The average molecular weight is 493 g/mol. The first-order valence-corrected chi connectivity index (χ1v) is 13.1. The van der Waals surface area contributed by atoms with Crippen LogP contribution in [-0.4, -0.2) is 59.4 Å². The Labute approximate surface area is 215 Å². The highest BCUT2D eigenvalue weighted by Crippen LogP contribution is 2.40. The maximum absolute atomic E-state index is 13.3. The van der Waals surface area contributed by atoms with Crippen molar-refractivity contribution >= 4 is 17.4 Å². The van der Waals surface area contributed by atoms with E-state index >= 15 is 0 Å². The number of ketones is 1. The third-order valence-corrected chi connectivity index (χ3v) is 6.92. The summed E-state index contributed by atoms with van der Waals surface area (Å²) >= 11 is 0. The van der Waals surface area contributed by atoms with Crippen LogP contribution in [0.25, 0.3) is 5.76 Å². The van der Waals surface area contributed by atoms with Crippen LogP contribution >= 0.6 is 0 Å². The van der Waals surface area contributed by atoms with Crippen molar-refractivity contribution in [1.82, 2.24) is 9.80 Å². The van der Waals surface area contributed by atoms with Gasteiger partial charge in [0.2, 0.25) is 0 Å². The molecule has 1 N–H and O–H groups in total. The van der Waals surface area contributed by atoms with Crippen molar-refractivity contribution in [1.29, 1.82) is 0 Å². The summed E-state index contributed by atoms with van der Waals surface area (Å²) in [4.78, 5) is 30.4. The minimum absolute atomic E-state index is 0.137. The van der Waals surface area contributed by atoms with Gasteiger partial charge in [-0.3, -0.25) is 9.59 Å². The number of hydrogen-bond donors (Lipinski definition) is 1. The zero-order valence-electron chi connectivity index (χ0n) is 22.5. The Hall–Kier alpha value is -3.12. The van der Waals surface area contributed by atoms with Gasteiger partial charge in [0.1, 0.15) is 11.5 Å². The van der Waals surface area contributed by atoms with E-state index in [1.54, 1.807) is 11.0 Å². The topological polar surface area (TPSA) is 70.1 Å². The van der Waals surface area contributed by atoms with Gasteiger partial charge in [-0.15, -0.1) is 0 Å². The molecule has 1 atom stereocenters. The second-order valence-corrected chi connectivity index (χ2v) is 9.67. The second-order valence-electron chi connectivity index (χ2n) is 9.67. The molecule has 0 radical (unpaired) electrons. The zero-order chi connectivity index (χ0) is 26.4. The lowest BCUT2D eigenvalue weighted by Gasteiger charge is -2.28. The molecule has 194 valence electrons. The fraction of sp³-hybridized carbons (Fsp3) is 0.467. The van der Waals surface area contributed by atoms with Crippen molar-refractivity contribution in [2.24, 2.45) is 0 Å². The third-order valence-electron chi connectivity index (χ3n) is 6.92. The molecule has 6 heteroatoms. The minimum atomic E-state index is -0.644.